The smallest absolute Gasteiger partial charge is 0.225 e. The molecule has 0 aromatic heterocycles. The van der Waals surface area contributed by atoms with E-state index in [-0.39, 0.29) is 41.6 Å². The molecular weight excluding hydrogens is 508 g/mol. The van der Waals surface area contributed by atoms with E-state index in [9.17, 15) is 9.18 Å². The molecule has 0 bridgehead atoms. The molecule has 1 aliphatic rings. The molecule has 0 aliphatic carbocycles. The van der Waals surface area contributed by atoms with Crippen LogP contribution >= 0.6 is 24.0 Å². The van der Waals surface area contributed by atoms with Crippen molar-refractivity contribution in [3.8, 4) is 0 Å². The number of rotatable bonds is 8. The largest absolute Gasteiger partial charge is 0.372 e. The van der Waals surface area contributed by atoms with Gasteiger partial charge in [-0.1, -0.05) is 30.3 Å². The number of aliphatic imine (C=N–C) groups is 1. The summed E-state index contributed by atoms with van der Waals surface area (Å²) in [5, 5.41) is 9.51. The summed E-state index contributed by atoms with van der Waals surface area (Å²) in [4.78, 5) is 18.6. The van der Waals surface area contributed by atoms with Gasteiger partial charge in [-0.15, -0.1) is 24.0 Å². The SMILES string of the molecule is CCNC(=NCC1CC(=O)Nc2ccccc21)NCCCN(C)c1ccccc1F.I. The summed E-state index contributed by atoms with van der Waals surface area (Å²) < 4.78 is 13.9. The molecule has 0 fully saturated rings. The van der Waals surface area contributed by atoms with E-state index in [2.05, 4.69) is 16.0 Å². The third-order valence-electron chi connectivity index (χ3n) is 5.15. The molecule has 0 saturated heterocycles. The van der Waals surface area contributed by atoms with Crippen LogP contribution in [-0.2, 0) is 4.79 Å². The van der Waals surface area contributed by atoms with E-state index in [1.165, 1.54) is 6.07 Å². The summed E-state index contributed by atoms with van der Waals surface area (Å²) in [6.07, 6.45) is 1.28. The van der Waals surface area contributed by atoms with Crippen molar-refractivity contribution < 1.29 is 9.18 Å². The van der Waals surface area contributed by atoms with Crippen LogP contribution in [0.3, 0.4) is 0 Å². The van der Waals surface area contributed by atoms with Gasteiger partial charge in [-0.3, -0.25) is 9.79 Å². The maximum absolute atomic E-state index is 13.9. The average Bonchev–Trinajstić information content (AvgIpc) is 2.74. The van der Waals surface area contributed by atoms with Crippen molar-refractivity contribution in [2.75, 3.05) is 43.4 Å². The normalized spacial score (nSPS) is 15.4. The quantitative estimate of drug-likeness (QED) is 0.206. The lowest BCUT2D eigenvalue weighted by molar-refractivity contribution is -0.116. The molecule has 31 heavy (non-hydrogen) atoms. The second-order valence-corrected chi connectivity index (χ2v) is 7.41. The zero-order valence-corrected chi connectivity index (χ0v) is 20.4. The zero-order valence-electron chi connectivity index (χ0n) is 18.0. The molecule has 1 unspecified atom stereocenters. The highest BCUT2D eigenvalue weighted by Gasteiger charge is 2.24. The van der Waals surface area contributed by atoms with E-state index in [4.69, 9.17) is 4.99 Å². The van der Waals surface area contributed by atoms with Gasteiger partial charge in [-0.05, 0) is 37.1 Å². The minimum Gasteiger partial charge on any atom is -0.372 e. The number of fused-ring (bicyclic) bond motifs is 1. The molecule has 3 N–H and O–H groups in total. The molecule has 2 aromatic rings. The lowest BCUT2D eigenvalue weighted by Crippen LogP contribution is -2.39. The molecule has 0 radical (unpaired) electrons. The number of benzene rings is 2. The molecule has 0 spiro atoms. The Hall–Kier alpha value is -2.36. The fourth-order valence-electron chi connectivity index (χ4n) is 3.61. The van der Waals surface area contributed by atoms with E-state index in [1.54, 1.807) is 12.1 Å². The van der Waals surface area contributed by atoms with Crippen LogP contribution in [0.2, 0.25) is 0 Å². The standard InChI is InChI=1S/C23H30FN5O.HI/c1-3-25-23(26-13-8-14-29(2)21-12-7-5-10-19(21)24)27-16-17-15-22(30)28-20-11-6-4-9-18(17)20;/h4-7,9-12,17H,3,8,13-16H2,1-2H3,(H,28,30)(H2,25,26,27);1H. The topological polar surface area (TPSA) is 68.8 Å². The highest BCUT2D eigenvalue weighted by molar-refractivity contribution is 14.0. The summed E-state index contributed by atoms with van der Waals surface area (Å²) in [5.41, 5.74) is 2.61. The Morgan fingerprint density at radius 2 is 1.94 bits per heavy atom. The first kappa shape index (κ1) is 24.9. The summed E-state index contributed by atoms with van der Waals surface area (Å²) in [6, 6.07) is 14.7. The van der Waals surface area contributed by atoms with Crippen LogP contribution in [0.1, 0.15) is 31.2 Å². The van der Waals surface area contributed by atoms with Crippen molar-refractivity contribution in [2.24, 2.45) is 4.99 Å². The number of carbonyl (C=O) groups is 1. The van der Waals surface area contributed by atoms with Gasteiger partial charge in [0.05, 0.1) is 12.2 Å². The van der Waals surface area contributed by atoms with Gasteiger partial charge in [0.2, 0.25) is 5.91 Å². The van der Waals surface area contributed by atoms with Gasteiger partial charge in [-0.25, -0.2) is 4.39 Å². The van der Waals surface area contributed by atoms with E-state index < -0.39 is 0 Å². The summed E-state index contributed by atoms with van der Waals surface area (Å²) in [6.45, 7) is 4.75. The van der Waals surface area contributed by atoms with Gasteiger partial charge in [0, 0.05) is 44.7 Å². The molecule has 2 aromatic carbocycles. The maximum Gasteiger partial charge on any atom is 0.225 e. The lowest BCUT2D eigenvalue weighted by Gasteiger charge is -2.24. The molecule has 1 aliphatic heterocycles. The van der Waals surface area contributed by atoms with E-state index in [0.717, 1.165) is 36.7 Å². The van der Waals surface area contributed by atoms with E-state index >= 15 is 0 Å². The number of nitrogens with zero attached hydrogens (tertiary/aromatic N) is 2. The van der Waals surface area contributed by atoms with Gasteiger partial charge >= 0.3 is 0 Å². The Bertz CT molecular complexity index is 892. The zero-order chi connectivity index (χ0) is 21.3. The van der Waals surface area contributed by atoms with Crippen LogP contribution in [0.15, 0.2) is 53.5 Å². The molecular formula is C23H31FIN5O. The monoisotopic (exact) mass is 539 g/mol. The summed E-state index contributed by atoms with van der Waals surface area (Å²) in [7, 11) is 1.89. The van der Waals surface area contributed by atoms with Gasteiger partial charge in [0.1, 0.15) is 5.82 Å². The van der Waals surface area contributed by atoms with Crippen LogP contribution in [0.25, 0.3) is 0 Å². The fourth-order valence-corrected chi connectivity index (χ4v) is 3.61. The van der Waals surface area contributed by atoms with Crippen LogP contribution in [-0.4, -0.2) is 45.1 Å². The van der Waals surface area contributed by atoms with Crippen molar-refractivity contribution >= 4 is 47.2 Å². The number of guanidine groups is 1. The number of nitrogens with one attached hydrogen (secondary N) is 3. The van der Waals surface area contributed by atoms with Crippen molar-refractivity contribution in [3.05, 3.63) is 59.9 Å². The molecule has 1 atom stereocenters. The molecule has 3 rings (SSSR count). The van der Waals surface area contributed by atoms with Gasteiger partial charge in [0.15, 0.2) is 5.96 Å². The van der Waals surface area contributed by atoms with Crippen molar-refractivity contribution in [1.82, 2.24) is 10.6 Å². The highest BCUT2D eigenvalue weighted by Crippen LogP contribution is 2.31. The average molecular weight is 539 g/mol. The Balaban J connectivity index is 0.00000341. The number of hydrogen-bond donors (Lipinski definition) is 3. The van der Waals surface area contributed by atoms with E-state index in [0.29, 0.717) is 25.2 Å². The minimum absolute atomic E-state index is 0. The summed E-state index contributed by atoms with van der Waals surface area (Å²) >= 11 is 0. The lowest BCUT2D eigenvalue weighted by atomic mass is 9.91. The number of para-hydroxylation sites is 2. The van der Waals surface area contributed by atoms with Crippen molar-refractivity contribution in [3.63, 3.8) is 0 Å². The van der Waals surface area contributed by atoms with Crippen LogP contribution in [0, 0.1) is 5.82 Å². The van der Waals surface area contributed by atoms with E-state index in [1.807, 2.05) is 49.2 Å². The van der Waals surface area contributed by atoms with Gasteiger partial charge < -0.3 is 20.9 Å². The van der Waals surface area contributed by atoms with Crippen molar-refractivity contribution in [1.29, 1.82) is 0 Å². The Morgan fingerprint density at radius 3 is 2.71 bits per heavy atom. The molecule has 6 nitrogen and oxygen atoms in total. The molecule has 1 heterocycles. The second kappa shape index (κ2) is 12.5. The number of anilines is 2. The molecule has 8 heteroatoms. The molecule has 168 valence electrons. The maximum atomic E-state index is 13.9. The fraction of sp³-hybridized carbons (Fsp3) is 0.391. The minimum atomic E-state index is -0.209. The molecule has 1 amide bonds. The van der Waals surface area contributed by atoms with Gasteiger partial charge in [0.25, 0.3) is 0 Å². The first-order valence-corrected chi connectivity index (χ1v) is 10.4. The Labute approximate surface area is 200 Å². The molecule has 0 saturated carbocycles. The predicted molar refractivity (Wildman–Crippen MR) is 136 cm³/mol. The number of amides is 1. The Morgan fingerprint density at radius 1 is 1.19 bits per heavy atom. The highest BCUT2D eigenvalue weighted by atomic mass is 127. The first-order valence-electron chi connectivity index (χ1n) is 10.4. The number of halogens is 2. The van der Waals surface area contributed by atoms with Crippen molar-refractivity contribution in [2.45, 2.75) is 25.7 Å². The number of hydrogen-bond acceptors (Lipinski definition) is 3. The first-order chi connectivity index (χ1) is 14.6. The van der Waals surface area contributed by atoms with Crippen LogP contribution in [0.5, 0.6) is 0 Å². The number of carbonyl (C=O) groups excluding carboxylic acids is 1. The Kier molecular flexibility index (Phi) is 10.0. The second-order valence-electron chi connectivity index (χ2n) is 7.41. The summed E-state index contributed by atoms with van der Waals surface area (Å²) in [5.74, 6) is 0.620. The third kappa shape index (κ3) is 7.09. The predicted octanol–water partition coefficient (Wildman–Crippen LogP) is 3.95. The third-order valence-corrected chi connectivity index (χ3v) is 5.15. The van der Waals surface area contributed by atoms with Crippen LogP contribution < -0.4 is 20.9 Å². The van der Waals surface area contributed by atoms with Crippen LogP contribution in [0.4, 0.5) is 15.8 Å². The van der Waals surface area contributed by atoms with Gasteiger partial charge in [-0.2, -0.15) is 0 Å².